The van der Waals surface area contributed by atoms with Gasteiger partial charge in [-0.1, -0.05) is 85.8 Å². The average Bonchev–Trinajstić information content (AvgIpc) is 2.88. The molecule has 4 bridgehead atoms. The number of hydrogen-bond acceptors (Lipinski definition) is 2. The Labute approximate surface area is 211 Å². The highest BCUT2D eigenvalue weighted by Crippen LogP contribution is 2.55. The van der Waals surface area contributed by atoms with Crippen molar-refractivity contribution in [1.82, 2.24) is 5.32 Å². The van der Waals surface area contributed by atoms with Gasteiger partial charge in [0.05, 0.1) is 0 Å². The summed E-state index contributed by atoms with van der Waals surface area (Å²) >= 11 is 0. The highest BCUT2D eigenvalue weighted by Gasteiger charge is 2.50. The summed E-state index contributed by atoms with van der Waals surface area (Å²) < 4.78 is 6.45. The van der Waals surface area contributed by atoms with Crippen LogP contribution >= 0.6 is 0 Å². The number of hydrogen-bond donors (Lipinski definition) is 1. The number of ether oxygens (including phenoxy) is 1. The van der Waals surface area contributed by atoms with Gasteiger partial charge in [-0.2, -0.15) is 0 Å². The first-order valence-electron chi connectivity index (χ1n) is 13.7. The lowest BCUT2D eigenvalue weighted by atomic mass is 9.53. The molecule has 4 saturated carbocycles. The van der Waals surface area contributed by atoms with Gasteiger partial charge in [-0.05, 0) is 86.4 Å². The first kappa shape index (κ1) is 22.9. The van der Waals surface area contributed by atoms with E-state index in [1.54, 1.807) is 0 Å². The van der Waals surface area contributed by atoms with Gasteiger partial charge >= 0.3 is 0 Å². The lowest BCUT2D eigenvalue weighted by Gasteiger charge is -2.57. The summed E-state index contributed by atoms with van der Waals surface area (Å²) in [6.45, 7) is 4.05. The Morgan fingerprint density at radius 3 is 2.00 bits per heavy atom. The van der Waals surface area contributed by atoms with E-state index in [1.165, 1.54) is 55.2 Å². The SMILES string of the molecule is CC(CCNC12CC3CC(CC(C3)C1)C2)(c1ccccc1)c1ccccc1OCc1ccccc1. The van der Waals surface area contributed by atoms with E-state index >= 15 is 0 Å². The van der Waals surface area contributed by atoms with Gasteiger partial charge < -0.3 is 10.1 Å². The molecule has 0 aromatic heterocycles. The van der Waals surface area contributed by atoms with Crippen LogP contribution in [0.25, 0.3) is 0 Å². The van der Waals surface area contributed by atoms with E-state index in [1.807, 2.05) is 0 Å². The zero-order valence-electron chi connectivity index (χ0n) is 21.1. The third kappa shape index (κ3) is 4.66. The second-order valence-electron chi connectivity index (χ2n) is 11.8. The molecule has 7 rings (SSSR count). The minimum atomic E-state index is -0.121. The third-order valence-corrected chi connectivity index (χ3v) is 9.29. The Hall–Kier alpha value is -2.58. The van der Waals surface area contributed by atoms with Gasteiger partial charge in [0.2, 0.25) is 0 Å². The first-order chi connectivity index (χ1) is 17.1. The molecule has 4 aliphatic carbocycles. The van der Waals surface area contributed by atoms with Crippen LogP contribution in [0.4, 0.5) is 0 Å². The van der Waals surface area contributed by atoms with E-state index in [0.717, 1.165) is 36.5 Å². The maximum Gasteiger partial charge on any atom is 0.123 e. The smallest absolute Gasteiger partial charge is 0.123 e. The van der Waals surface area contributed by atoms with Gasteiger partial charge in [0.25, 0.3) is 0 Å². The van der Waals surface area contributed by atoms with Crippen LogP contribution in [0.2, 0.25) is 0 Å². The molecule has 4 fully saturated rings. The maximum atomic E-state index is 6.45. The third-order valence-electron chi connectivity index (χ3n) is 9.29. The van der Waals surface area contributed by atoms with Gasteiger partial charge in [-0.25, -0.2) is 0 Å². The Bertz CT molecular complexity index is 1090. The van der Waals surface area contributed by atoms with E-state index < -0.39 is 0 Å². The molecule has 0 amide bonds. The Morgan fingerprint density at radius 2 is 1.34 bits per heavy atom. The van der Waals surface area contributed by atoms with Crippen LogP contribution in [0.5, 0.6) is 5.75 Å². The molecule has 35 heavy (non-hydrogen) atoms. The predicted molar refractivity (Wildman–Crippen MR) is 144 cm³/mol. The summed E-state index contributed by atoms with van der Waals surface area (Å²) in [5.74, 6) is 3.92. The zero-order valence-corrected chi connectivity index (χ0v) is 21.1. The quantitative estimate of drug-likeness (QED) is 0.353. The van der Waals surface area contributed by atoms with Crippen LogP contribution in [0.15, 0.2) is 84.9 Å². The predicted octanol–water partition coefficient (Wildman–Crippen LogP) is 7.52. The second kappa shape index (κ2) is 9.47. The number of para-hydroxylation sites is 1. The standard InChI is InChI=1S/C33H39NO/c1-32(29-12-6-3-7-13-29,16-17-34-33-21-26-18-27(22-33)20-28(19-26)23-33)30-14-8-9-15-31(30)35-24-25-10-4-2-5-11-25/h2-15,26-28,34H,16-24H2,1H3. The fraction of sp³-hybridized carbons (Fsp3) is 0.455. The number of benzene rings is 3. The van der Waals surface area contributed by atoms with Crippen molar-refractivity contribution < 1.29 is 4.74 Å². The molecule has 1 unspecified atom stereocenters. The van der Waals surface area contributed by atoms with Crippen molar-refractivity contribution in [2.75, 3.05) is 6.54 Å². The fourth-order valence-corrected chi connectivity index (χ4v) is 7.93. The molecule has 0 aliphatic heterocycles. The van der Waals surface area contributed by atoms with Crippen molar-refractivity contribution in [3.05, 3.63) is 102 Å². The molecule has 0 heterocycles. The van der Waals surface area contributed by atoms with Gasteiger partial charge in [-0.3, -0.25) is 0 Å². The van der Waals surface area contributed by atoms with Gasteiger partial charge in [0, 0.05) is 16.5 Å². The van der Waals surface area contributed by atoms with Crippen LogP contribution in [-0.4, -0.2) is 12.1 Å². The first-order valence-corrected chi connectivity index (χ1v) is 13.7. The molecular formula is C33H39NO. The van der Waals surface area contributed by atoms with E-state index in [2.05, 4.69) is 97.2 Å². The monoisotopic (exact) mass is 465 g/mol. The molecule has 0 radical (unpaired) electrons. The topological polar surface area (TPSA) is 21.3 Å². The minimum Gasteiger partial charge on any atom is -0.489 e. The summed E-state index contributed by atoms with van der Waals surface area (Å²) in [6, 6.07) is 30.2. The second-order valence-corrected chi connectivity index (χ2v) is 11.8. The highest BCUT2D eigenvalue weighted by molar-refractivity contribution is 5.46. The maximum absolute atomic E-state index is 6.45. The molecule has 182 valence electrons. The van der Waals surface area contributed by atoms with E-state index in [-0.39, 0.29) is 5.41 Å². The number of nitrogens with one attached hydrogen (secondary N) is 1. The molecule has 3 aromatic carbocycles. The molecule has 3 aromatic rings. The molecule has 4 aliphatic rings. The molecule has 2 heteroatoms. The van der Waals surface area contributed by atoms with Crippen molar-refractivity contribution >= 4 is 0 Å². The van der Waals surface area contributed by atoms with E-state index in [4.69, 9.17) is 4.74 Å². The van der Waals surface area contributed by atoms with Crippen molar-refractivity contribution in [2.45, 2.75) is 69.4 Å². The van der Waals surface area contributed by atoms with Gasteiger partial charge in [-0.15, -0.1) is 0 Å². The molecular weight excluding hydrogens is 426 g/mol. The van der Waals surface area contributed by atoms with Crippen molar-refractivity contribution in [3.63, 3.8) is 0 Å². The molecule has 1 N–H and O–H groups in total. The van der Waals surface area contributed by atoms with Crippen LogP contribution in [0, 0.1) is 17.8 Å². The molecule has 1 atom stereocenters. The molecule has 0 saturated heterocycles. The van der Waals surface area contributed by atoms with E-state index in [0.29, 0.717) is 12.1 Å². The normalized spacial score (nSPS) is 28.5. The lowest BCUT2D eigenvalue weighted by molar-refractivity contribution is -0.0200. The fourth-order valence-electron chi connectivity index (χ4n) is 7.93. The molecule has 0 spiro atoms. The molecule has 2 nitrogen and oxygen atoms in total. The minimum absolute atomic E-state index is 0.121. The summed E-state index contributed by atoms with van der Waals surface area (Å²) in [7, 11) is 0. The van der Waals surface area contributed by atoms with Crippen molar-refractivity contribution in [1.29, 1.82) is 0 Å². The van der Waals surface area contributed by atoms with Gasteiger partial charge in [0.1, 0.15) is 12.4 Å². The van der Waals surface area contributed by atoms with Crippen LogP contribution in [0.3, 0.4) is 0 Å². The lowest BCUT2D eigenvalue weighted by Crippen LogP contribution is -2.58. The largest absolute Gasteiger partial charge is 0.489 e. The van der Waals surface area contributed by atoms with Crippen molar-refractivity contribution in [2.24, 2.45) is 17.8 Å². The average molecular weight is 466 g/mol. The Balaban J connectivity index is 1.24. The zero-order chi connectivity index (χ0) is 23.7. The highest BCUT2D eigenvalue weighted by atomic mass is 16.5. The van der Waals surface area contributed by atoms with Crippen LogP contribution in [-0.2, 0) is 12.0 Å². The summed E-state index contributed by atoms with van der Waals surface area (Å²) in [6.07, 6.45) is 9.75. The Morgan fingerprint density at radius 1 is 0.771 bits per heavy atom. The Kier molecular flexibility index (Phi) is 6.18. The van der Waals surface area contributed by atoms with Gasteiger partial charge in [0.15, 0.2) is 0 Å². The summed E-state index contributed by atoms with van der Waals surface area (Å²) in [5.41, 5.74) is 4.13. The number of rotatable bonds is 9. The van der Waals surface area contributed by atoms with Crippen LogP contribution in [0.1, 0.15) is 68.6 Å². The van der Waals surface area contributed by atoms with E-state index in [9.17, 15) is 0 Å². The summed E-state index contributed by atoms with van der Waals surface area (Å²) in [5, 5.41) is 4.16. The van der Waals surface area contributed by atoms with Crippen LogP contribution < -0.4 is 10.1 Å². The summed E-state index contributed by atoms with van der Waals surface area (Å²) in [4.78, 5) is 0. The van der Waals surface area contributed by atoms with Crippen molar-refractivity contribution in [3.8, 4) is 5.75 Å².